The van der Waals surface area contributed by atoms with E-state index < -0.39 is 11.7 Å². The first-order valence-corrected chi connectivity index (χ1v) is 7.50. The summed E-state index contributed by atoms with van der Waals surface area (Å²) in [7, 11) is 0. The van der Waals surface area contributed by atoms with Gasteiger partial charge in [-0.15, -0.1) is 0 Å². The molecular formula is C19H14F3N3. The number of hydrogen-bond acceptors (Lipinski definition) is 3. The highest BCUT2D eigenvalue weighted by Crippen LogP contribution is 2.29. The molecule has 0 fully saturated rings. The van der Waals surface area contributed by atoms with E-state index in [1.165, 1.54) is 6.07 Å². The number of rotatable bonds is 4. The molecule has 6 heteroatoms. The minimum Gasteiger partial charge on any atom is -0.279 e. The van der Waals surface area contributed by atoms with E-state index in [1.54, 1.807) is 18.3 Å². The Morgan fingerprint density at radius 3 is 2.20 bits per heavy atom. The minimum atomic E-state index is -4.38. The molecule has 0 aliphatic rings. The van der Waals surface area contributed by atoms with Crippen molar-refractivity contribution >= 4 is 11.9 Å². The molecule has 2 aromatic carbocycles. The largest absolute Gasteiger partial charge is 0.417 e. The summed E-state index contributed by atoms with van der Waals surface area (Å²) in [5, 5.41) is 4.14. The van der Waals surface area contributed by atoms with Crippen LogP contribution in [-0.2, 0) is 6.18 Å². The van der Waals surface area contributed by atoms with Gasteiger partial charge < -0.3 is 0 Å². The summed E-state index contributed by atoms with van der Waals surface area (Å²) >= 11 is 0. The average Bonchev–Trinajstić information content (AvgIpc) is 2.63. The molecule has 0 unspecified atom stereocenters. The van der Waals surface area contributed by atoms with Crippen molar-refractivity contribution in [2.45, 2.75) is 6.18 Å². The Morgan fingerprint density at radius 1 is 0.880 bits per heavy atom. The molecule has 0 aliphatic carbocycles. The molecule has 0 saturated heterocycles. The third kappa shape index (κ3) is 4.44. The van der Waals surface area contributed by atoms with Crippen LogP contribution in [0.2, 0.25) is 0 Å². The second-order valence-corrected chi connectivity index (χ2v) is 5.29. The fourth-order valence-electron chi connectivity index (χ4n) is 2.17. The molecule has 0 amide bonds. The average molecular weight is 341 g/mol. The Labute approximate surface area is 142 Å². The van der Waals surface area contributed by atoms with Gasteiger partial charge in [0.25, 0.3) is 0 Å². The van der Waals surface area contributed by atoms with Crippen LogP contribution in [0, 0.1) is 0 Å². The van der Waals surface area contributed by atoms with Gasteiger partial charge in [0.05, 0.1) is 23.2 Å². The van der Waals surface area contributed by atoms with Gasteiger partial charge in [-0.2, -0.15) is 18.3 Å². The second-order valence-electron chi connectivity index (χ2n) is 5.29. The summed E-state index contributed by atoms with van der Waals surface area (Å²) < 4.78 is 37.7. The molecule has 0 atom stereocenters. The SMILES string of the molecule is FC(F)(F)c1ccc(-c2ccc(C=NNc3ccccc3)cc2)nc1. The highest BCUT2D eigenvalue weighted by atomic mass is 19.4. The minimum absolute atomic E-state index is 0.485. The lowest BCUT2D eigenvalue weighted by molar-refractivity contribution is -0.137. The number of nitrogens with zero attached hydrogens (tertiary/aromatic N) is 2. The van der Waals surface area contributed by atoms with Gasteiger partial charge in [-0.3, -0.25) is 10.4 Å². The first-order valence-electron chi connectivity index (χ1n) is 7.50. The molecule has 3 rings (SSSR count). The van der Waals surface area contributed by atoms with Crippen LogP contribution in [0.25, 0.3) is 11.3 Å². The third-order valence-corrected chi connectivity index (χ3v) is 3.48. The molecule has 0 radical (unpaired) electrons. The number of para-hydroxylation sites is 1. The van der Waals surface area contributed by atoms with Crippen molar-refractivity contribution < 1.29 is 13.2 Å². The molecular weight excluding hydrogens is 327 g/mol. The van der Waals surface area contributed by atoms with E-state index in [2.05, 4.69) is 15.5 Å². The number of nitrogens with one attached hydrogen (secondary N) is 1. The smallest absolute Gasteiger partial charge is 0.279 e. The van der Waals surface area contributed by atoms with Crippen molar-refractivity contribution in [3.63, 3.8) is 0 Å². The quantitative estimate of drug-likeness (QED) is 0.522. The van der Waals surface area contributed by atoms with Crippen molar-refractivity contribution in [2.24, 2.45) is 5.10 Å². The van der Waals surface area contributed by atoms with E-state index >= 15 is 0 Å². The normalized spacial score (nSPS) is 11.6. The molecule has 3 aromatic rings. The van der Waals surface area contributed by atoms with Gasteiger partial charge in [-0.05, 0) is 29.8 Å². The summed E-state index contributed by atoms with van der Waals surface area (Å²) in [5.41, 5.74) is 5.12. The lowest BCUT2D eigenvalue weighted by atomic mass is 10.1. The van der Waals surface area contributed by atoms with Crippen LogP contribution >= 0.6 is 0 Å². The number of alkyl halides is 3. The first-order chi connectivity index (χ1) is 12.0. The standard InChI is InChI=1S/C19H14F3N3/c20-19(21,22)16-10-11-18(23-13-16)15-8-6-14(7-9-15)12-24-25-17-4-2-1-3-5-17/h1-13,25H. The van der Waals surface area contributed by atoms with Crippen LogP contribution in [0.1, 0.15) is 11.1 Å². The van der Waals surface area contributed by atoms with E-state index in [9.17, 15) is 13.2 Å². The van der Waals surface area contributed by atoms with Crippen molar-refractivity contribution in [3.8, 4) is 11.3 Å². The predicted molar refractivity (Wildman–Crippen MR) is 92.3 cm³/mol. The molecule has 126 valence electrons. The van der Waals surface area contributed by atoms with Crippen LogP contribution < -0.4 is 5.43 Å². The van der Waals surface area contributed by atoms with Crippen LogP contribution in [-0.4, -0.2) is 11.2 Å². The lowest BCUT2D eigenvalue weighted by Crippen LogP contribution is -2.05. The summed E-state index contributed by atoms with van der Waals surface area (Å²) in [6.07, 6.45) is -1.87. The molecule has 0 saturated carbocycles. The molecule has 1 aromatic heterocycles. The van der Waals surface area contributed by atoms with E-state index in [4.69, 9.17) is 0 Å². The van der Waals surface area contributed by atoms with Crippen LogP contribution in [0.5, 0.6) is 0 Å². The van der Waals surface area contributed by atoms with Crippen molar-refractivity contribution in [2.75, 3.05) is 5.43 Å². The topological polar surface area (TPSA) is 37.3 Å². The summed E-state index contributed by atoms with van der Waals surface area (Å²) in [5.74, 6) is 0. The van der Waals surface area contributed by atoms with Crippen LogP contribution in [0.15, 0.2) is 78.0 Å². The third-order valence-electron chi connectivity index (χ3n) is 3.48. The maximum Gasteiger partial charge on any atom is 0.417 e. The van der Waals surface area contributed by atoms with E-state index in [0.29, 0.717) is 5.69 Å². The summed E-state index contributed by atoms with van der Waals surface area (Å²) in [6, 6.07) is 19.2. The zero-order valence-electron chi connectivity index (χ0n) is 13.0. The number of pyridine rings is 1. The van der Waals surface area contributed by atoms with Crippen LogP contribution in [0.3, 0.4) is 0 Å². The number of aromatic nitrogens is 1. The Balaban J connectivity index is 1.68. The number of anilines is 1. The van der Waals surface area contributed by atoms with Gasteiger partial charge >= 0.3 is 6.18 Å². The molecule has 1 N–H and O–H groups in total. The van der Waals surface area contributed by atoms with E-state index in [0.717, 1.165) is 29.1 Å². The van der Waals surface area contributed by atoms with Gasteiger partial charge in [-0.1, -0.05) is 42.5 Å². The highest BCUT2D eigenvalue weighted by molar-refractivity contribution is 5.81. The lowest BCUT2D eigenvalue weighted by Gasteiger charge is -2.07. The number of hydrogen-bond donors (Lipinski definition) is 1. The maximum absolute atomic E-state index is 12.6. The Kier molecular flexibility index (Phi) is 4.79. The van der Waals surface area contributed by atoms with Crippen LogP contribution in [0.4, 0.5) is 18.9 Å². The monoisotopic (exact) mass is 341 g/mol. The van der Waals surface area contributed by atoms with Crippen molar-refractivity contribution in [3.05, 3.63) is 84.1 Å². The number of halogens is 3. The summed E-state index contributed by atoms with van der Waals surface area (Å²) in [6.45, 7) is 0. The second kappa shape index (κ2) is 7.17. The molecule has 0 bridgehead atoms. The fourth-order valence-corrected chi connectivity index (χ4v) is 2.17. The highest BCUT2D eigenvalue weighted by Gasteiger charge is 2.30. The van der Waals surface area contributed by atoms with Gasteiger partial charge in [0, 0.05) is 11.8 Å². The van der Waals surface area contributed by atoms with Gasteiger partial charge in [-0.25, -0.2) is 0 Å². The predicted octanol–water partition coefficient (Wildman–Crippen LogP) is 5.21. The zero-order valence-corrected chi connectivity index (χ0v) is 13.0. The Hall–Kier alpha value is -3.15. The first kappa shape index (κ1) is 16.7. The van der Waals surface area contributed by atoms with E-state index in [1.807, 2.05) is 42.5 Å². The van der Waals surface area contributed by atoms with Gasteiger partial charge in [0.15, 0.2) is 0 Å². The van der Waals surface area contributed by atoms with Crippen molar-refractivity contribution in [1.29, 1.82) is 0 Å². The molecule has 25 heavy (non-hydrogen) atoms. The Morgan fingerprint density at radius 2 is 1.60 bits per heavy atom. The number of hydrazone groups is 1. The van der Waals surface area contributed by atoms with Gasteiger partial charge in [0.2, 0.25) is 0 Å². The molecule has 1 heterocycles. The molecule has 0 spiro atoms. The number of benzene rings is 2. The van der Waals surface area contributed by atoms with E-state index in [-0.39, 0.29) is 0 Å². The maximum atomic E-state index is 12.6. The summed E-state index contributed by atoms with van der Waals surface area (Å²) in [4.78, 5) is 3.88. The molecule has 0 aliphatic heterocycles. The fraction of sp³-hybridized carbons (Fsp3) is 0.0526. The molecule has 3 nitrogen and oxygen atoms in total. The zero-order chi connectivity index (χ0) is 17.7. The van der Waals surface area contributed by atoms with Crippen molar-refractivity contribution in [1.82, 2.24) is 4.98 Å². The Bertz CT molecular complexity index is 840. The van der Waals surface area contributed by atoms with Gasteiger partial charge in [0.1, 0.15) is 0 Å².